The molecule has 1 aromatic rings. The van der Waals surface area contributed by atoms with E-state index in [-0.39, 0.29) is 12.1 Å². The molecule has 0 unspecified atom stereocenters. The quantitative estimate of drug-likeness (QED) is 0.648. The molecule has 0 bridgehead atoms. The van der Waals surface area contributed by atoms with Crippen molar-refractivity contribution >= 4 is 17.7 Å². The van der Waals surface area contributed by atoms with E-state index in [4.69, 9.17) is 10.5 Å². The number of anilines is 1. The summed E-state index contributed by atoms with van der Waals surface area (Å²) in [5.74, 6) is -1.23. The van der Waals surface area contributed by atoms with E-state index in [0.717, 1.165) is 0 Å². The molecule has 24 heavy (non-hydrogen) atoms. The first-order valence-electron chi connectivity index (χ1n) is 7.73. The molecule has 1 amide bonds. The number of nitrogens with two attached hydrogens (primary N) is 1. The summed E-state index contributed by atoms with van der Waals surface area (Å²) < 4.78 is 23.2. The molecule has 0 radical (unpaired) electrons. The van der Waals surface area contributed by atoms with Gasteiger partial charge in [-0.2, -0.15) is 0 Å². The van der Waals surface area contributed by atoms with Gasteiger partial charge in [0.25, 0.3) is 0 Å². The molecule has 1 atom stereocenters. The van der Waals surface area contributed by atoms with Crippen molar-refractivity contribution in [1.29, 1.82) is 0 Å². The number of hydrogen-bond acceptors (Lipinski definition) is 5. The highest BCUT2D eigenvalue weighted by atomic mass is 19.1. The van der Waals surface area contributed by atoms with E-state index < -0.39 is 29.5 Å². The van der Waals surface area contributed by atoms with Gasteiger partial charge >= 0.3 is 12.1 Å². The summed E-state index contributed by atoms with van der Waals surface area (Å²) in [6.45, 7) is 9.11. The van der Waals surface area contributed by atoms with Crippen LogP contribution >= 0.6 is 0 Å². The predicted octanol–water partition coefficient (Wildman–Crippen LogP) is 3.04. The molecule has 3 N–H and O–H groups in total. The highest BCUT2D eigenvalue weighted by Gasteiger charge is 2.25. The maximum atomic E-state index is 13.4. The molecule has 0 saturated heterocycles. The molecule has 1 aromatic carbocycles. The van der Waals surface area contributed by atoms with Crippen LogP contribution in [0.3, 0.4) is 0 Å². The summed E-state index contributed by atoms with van der Waals surface area (Å²) in [6, 6.07) is 3.20. The first-order chi connectivity index (χ1) is 11.1. The maximum Gasteiger partial charge on any atom is 0.408 e. The van der Waals surface area contributed by atoms with Crippen LogP contribution in [0.4, 0.5) is 14.9 Å². The molecule has 0 saturated carbocycles. The number of hydrogen-bond donors (Lipinski definition) is 2. The van der Waals surface area contributed by atoms with E-state index >= 15 is 0 Å². The number of benzene rings is 1. The Labute approximate surface area is 142 Å². The summed E-state index contributed by atoms with van der Waals surface area (Å²) in [7, 11) is 1.20. The standard InChI is InChI=1S/C15H21FN2O4.C2H6/c1-15(2,3)22-14(20)18-12(13(19)21-4)8-9-5-6-11(17)10(16)7-9;1-2/h5-7,12H,8,17H2,1-4H3,(H,18,20);1-2H3/t12-;/m1./s1. The number of carbonyl (C=O) groups is 2. The van der Waals surface area contributed by atoms with Gasteiger partial charge in [-0.1, -0.05) is 19.9 Å². The van der Waals surface area contributed by atoms with Gasteiger partial charge in [-0.15, -0.1) is 0 Å². The van der Waals surface area contributed by atoms with Crippen LogP contribution in [-0.4, -0.2) is 30.8 Å². The lowest BCUT2D eigenvalue weighted by molar-refractivity contribution is -0.143. The molecule has 0 aliphatic rings. The van der Waals surface area contributed by atoms with Crippen LogP contribution in [0.15, 0.2) is 18.2 Å². The van der Waals surface area contributed by atoms with E-state index in [1.54, 1.807) is 26.8 Å². The van der Waals surface area contributed by atoms with Crippen LogP contribution in [0.1, 0.15) is 40.2 Å². The van der Waals surface area contributed by atoms with Crippen LogP contribution in [0.2, 0.25) is 0 Å². The average Bonchev–Trinajstić information content (AvgIpc) is 2.49. The fourth-order valence-corrected chi connectivity index (χ4v) is 1.72. The summed E-state index contributed by atoms with van der Waals surface area (Å²) in [5, 5.41) is 2.42. The molecule has 0 heterocycles. The van der Waals surface area contributed by atoms with Crippen LogP contribution in [0, 0.1) is 5.82 Å². The Hall–Kier alpha value is -2.31. The lowest BCUT2D eigenvalue weighted by Crippen LogP contribution is -2.45. The number of nitrogens with one attached hydrogen (secondary N) is 1. The van der Waals surface area contributed by atoms with Crippen LogP contribution in [0.5, 0.6) is 0 Å². The number of methoxy groups -OCH3 is 1. The average molecular weight is 342 g/mol. The second-order valence-corrected chi connectivity index (χ2v) is 5.78. The van der Waals surface area contributed by atoms with E-state index in [1.165, 1.54) is 19.2 Å². The number of carbonyl (C=O) groups excluding carboxylic acids is 2. The number of amides is 1. The number of nitrogen functional groups attached to an aromatic ring is 1. The number of esters is 1. The minimum atomic E-state index is -0.983. The van der Waals surface area contributed by atoms with Gasteiger partial charge in [0.15, 0.2) is 0 Å². The SMILES string of the molecule is CC.COC(=O)[C@@H](Cc1ccc(N)c(F)c1)NC(=O)OC(C)(C)C. The van der Waals surface area contributed by atoms with Crippen molar-refractivity contribution in [3.05, 3.63) is 29.6 Å². The third-order valence-corrected chi connectivity index (χ3v) is 2.68. The minimum Gasteiger partial charge on any atom is -0.467 e. The molecule has 7 heteroatoms. The predicted molar refractivity (Wildman–Crippen MR) is 91.0 cm³/mol. The van der Waals surface area contributed by atoms with Gasteiger partial charge in [-0.05, 0) is 38.5 Å². The van der Waals surface area contributed by atoms with Crippen molar-refractivity contribution in [2.24, 2.45) is 0 Å². The molecule has 6 nitrogen and oxygen atoms in total. The minimum absolute atomic E-state index is 0.0125. The summed E-state index contributed by atoms with van der Waals surface area (Å²) in [4.78, 5) is 23.5. The lowest BCUT2D eigenvalue weighted by atomic mass is 10.1. The van der Waals surface area contributed by atoms with Crippen molar-refractivity contribution in [2.45, 2.75) is 52.7 Å². The molecular formula is C17H27FN2O4. The number of rotatable bonds is 4. The van der Waals surface area contributed by atoms with E-state index in [2.05, 4.69) is 10.1 Å². The summed E-state index contributed by atoms with van der Waals surface area (Å²) >= 11 is 0. The maximum absolute atomic E-state index is 13.4. The topological polar surface area (TPSA) is 90.6 Å². The molecular weight excluding hydrogens is 315 g/mol. The molecule has 1 rings (SSSR count). The first-order valence-corrected chi connectivity index (χ1v) is 7.73. The fourth-order valence-electron chi connectivity index (χ4n) is 1.72. The van der Waals surface area contributed by atoms with Gasteiger partial charge in [-0.3, -0.25) is 0 Å². The Bertz CT molecular complexity index is 556. The normalized spacial score (nSPS) is 11.6. The number of halogens is 1. The van der Waals surface area contributed by atoms with Crippen molar-refractivity contribution in [1.82, 2.24) is 5.32 Å². The molecule has 0 aliphatic carbocycles. The van der Waals surface area contributed by atoms with E-state index in [0.29, 0.717) is 5.56 Å². The van der Waals surface area contributed by atoms with Crippen molar-refractivity contribution in [2.75, 3.05) is 12.8 Å². The lowest BCUT2D eigenvalue weighted by Gasteiger charge is -2.22. The Morgan fingerprint density at radius 1 is 1.29 bits per heavy atom. The first kappa shape index (κ1) is 21.7. The molecule has 0 aromatic heterocycles. The van der Waals surface area contributed by atoms with Gasteiger partial charge in [0.05, 0.1) is 12.8 Å². The van der Waals surface area contributed by atoms with Crippen LogP contribution < -0.4 is 11.1 Å². The number of alkyl carbamates (subject to hydrolysis) is 1. The third kappa shape index (κ3) is 7.80. The second kappa shape index (κ2) is 9.75. The summed E-state index contributed by atoms with van der Waals surface area (Å²) in [5.41, 5.74) is 5.21. The van der Waals surface area contributed by atoms with Gasteiger partial charge in [-0.25, -0.2) is 14.0 Å². The third-order valence-electron chi connectivity index (χ3n) is 2.68. The molecule has 0 spiro atoms. The Kier molecular flexibility index (Phi) is 8.81. The van der Waals surface area contributed by atoms with Gasteiger partial charge in [0.1, 0.15) is 17.5 Å². The molecule has 0 aliphatic heterocycles. The zero-order chi connectivity index (χ0) is 18.9. The Morgan fingerprint density at radius 2 is 1.88 bits per heavy atom. The van der Waals surface area contributed by atoms with E-state index in [1.807, 2.05) is 13.8 Å². The zero-order valence-electron chi connectivity index (χ0n) is 15.1. The monoisotopic (exact) mass is 342 g/mol. The zero-order valence-corrected chi connectivity index (χ0v) is 15.1. The van der Waals surface area contributed by atoms with Crippen molar-refractivity contribution in [3.8, 4) is 0 Å². The summed E-state index contributed by atoms with van der Waals surface area (Å²) in [6.07, 6.45) is -0.692. The second-order valence-electron chi connectivity index (χ2n) is 5.78. The van der Waals surface area contributed by atoms with Gasteiger partial charge in [0.2, 0.25) is 0 Å². The fraction of sp³-hybridized carbons (Fsp3) is 0.529. The number of ether oxygens (including phenoxy) is 2. The largest absolute Gasteiger partial charge is 0.467 e. The van der Waals surface area contributed by atoms with E-state index in [9.17, 15) is 14.0 Å². The van der Waals surface area contributed by atoms with Crippen molar-refractivity contribution in [3.63, 3.8) is 0 Å². The van der Waals surface area contributed by atoms with Crippen LogP contribution in [-0.2, 0) is 20.7 Å². The highest BCUT2D eigenvalue weighted by Crippen LogP contribution is 2.14. The molecule has 136 valence electrons. The Morgan fingerprint density at radius 3 is 2.33 bits per heavy atom. The van der Waals surface area contributed by atoms with Gasteiger partial charge < -0.3 is 20.5 Å². The van der Waals surface area contributed by atoms with Crippen molar-refractivity contribution < 1.29 is 23.5 Å². The Balaban J connectivity index is 0.00000254. The van der Waals surface area contributed by atoms with Gasteiger partial charge in [0, 0.05) is 6.42 Å². The highest BCUT2D eigenvalue weighted by molar-refractivity contribution is 5.81. The van der Waals surface area contributed by atoms with Crippen LogP contribution in [0.25, 0.3) is 0 Å². The smallest absolute Gasteiger partial charge is 0.408 e. The molecule has 0 fully saturated rings.